The van der Waals surface area contributed by atoms with Crippen LogP contribution in [-0.4, -0.2) is 28.3 Å². The lowest BCUT2D eigenvalue weighted by Gasteiger charge is -2.17. The normalized spacial score (nSPS) is 11.3. The molecular weight excluding hydrogens is 267 g/mol. The predicted octanol–water partition coefficient (Wildman–Crippen LogP) is 2.30. The summed E-state index contributed by atoms with van der Waals surface area (Å²) >= 11 is 0. The Balaban J connectivity index is 2.00. The van der Waals surface area contributed by atoms with Crippen molar-refractivity contribution in [2.24, 2.45) is 7.05 Å². The van der Waals surface area contributed by atoms with Gasteiger partial charge in [0.2, 0.25) is 0 Å². The Morgan fingerprint density at radius 1 is 1.29 bits per heavy atom. The van der Waals surface area contributed by atoms with Gasteiger partial charge in [-0.2, -0.15) is 5.10 Å². The maximum atomic E-state index is 13.9. The molecule has 0 fully saturated rings. The first-order chi connectivity index (χ1) is 10.1. The molecule has 0 saturated carbocycles. The lowest BCUT2D eigenvalue weighted by molar-refractivity contribution is 0.313. The summed E-state index contributed by atoms with van der Waals surface area (Å²) in [5.74, 6) is -0.145. The van der Waals surface area contributed by atoms with E-state index < -0.39 is 0 Å². The molecule has 0 radical (unpaired) electrons. The summed E-state index contributed by atoms with van der Waals surface area (Å²) in [6.07, 6.45) is 3.82. The van der Waals surface area contributed by atoms with Crippen LogP contribution in [0.3, 0.4) is 0 Å². The van der Waals surface area contributed by atoms with E-state index in [9.17, 15) is 4.39 Å². The van der Waals surface area contributed by atoms with Crippen molar-refractivity contribution in [3.63, 3.8) is 0 Å². The fourth-order valence-electron chi connectivity index (χ4n) is 2.34. The summed E-state index contributed by atoms with van der Waals surface area (Å²) < 4.78 is 15.7. The molecule has 0 unspecified atom stereocenters. The van der Waals surface area contributed by atoms with Gasteiger partial charge in [0.1, 0.15) is 5.82 Å². The molecule has 1 heterocycles. The van der Waals surface area contributed by atoms with Crippen LogP contribution in [0.2, 0.25) is 0 Å². The maximum Gasteiger partial charge on any atom is 0.127 e. The van der Waals surface area contributed by atoms with Crippen LogP contribution < -0.4 is 5.32 Å². The highest BCUT2D eigenvalue weighted by molar-refractivity contribution is 5.25. The Bertz CT molecular complexity index is 579. The van der Waals surface area contributed by atoms with Crippen molar-refractivity contribution in [2.45, 2.75) is 26.6 Å². The van der Waals surface area contributed by atoms with Crippen molar-refractivity contribution in [3.8, 4) is 0 Å². The van der Waals surface area contributed by atoms with Crippen molar-refractivity contribution in [1.29, 1.82) is 0 Å². The molecule has 0 spiro atoms. The molecule has 1 aromatic carbocycles. The van der Waals surface area contributed by atoms with Crippen LogP contribution in [0.4, 0.5) is 4.39 Å². The van der Waals surface area contributed by atoms with Crippen molar-refractivity contribution in [1.82, 2.24) is 20.0 Å². The van der Waals surface area contributed by atoms with Gasteiger partial charge in [-0.15, -0.1) is 0 Å². The van der Waals surface area contributed by atoms with E-state index in [0.29, 0.717) is 6.54 Å². The minimum Gasteiger partial charge on any atom is -0.313 e. The Labute approximate surface area is 125 Å². The minimum absolute atomic E-state index is 0.145. The molecule has 5 heteroatoms. The van der Waals surface area contributed by atoms with Gasteiger partial charge in [0.15, 0.2) is 0 Å². The van der Waals surface area contributed by atoms with Crippen LogP contribution in [0.5, 0.6) is 0 Å². The Kier molecular flexibility index (Phi) is 5.47. The summed E-state index contributed by atoms with van der Waals surface area (Å²) in [4.78, 5) is 2.09. The summed E-state index contributed by atoms with van der Waals surface area (Å²) in [5.41, 5.74) is 2.98. The fraction of sp³-hybridized carbons (Fsp3) is 0.438. The molecular formula is C16H23FN4. The summed E-state index contributed by atoms with van der Waals surface area (Å²) in [6.45, 7) is 5.08. The lowest BCUT2D eigenvalue weighted by atomic mass is 10.1. The van der Waals surface area contributed by atoms with Gasteiger partial charge in [0.05, 0.1) is 6.20 Å². The monoisotopic (exact) mass is 290 g/mol. The number of halogens is 1. The van der Waals surface area contributed by atoms with E-state index in [0.717, 1.165) is 36.3 Å². The number of aryl methyl sites for hydroxylation is 1. The highest BCUT2D eigenvalue weighted by Gasteiger charge is 2.08. The topological polar surface area (TPSA) is 33.1 Å². The predicted molar refractivity (Wildman–Crippen MR) is 82.2 cm³/mol. The molecule has 0 saturated heterocycles. The fourth-order valence-corrected chi connectivity index (χ4v) is 2.34. The van der Waals surface area contributed by atoms with Crippen molar-refractivity contribution in [2.75, 3.05) is 13.6 Å². The van der Waals surface area contributed by atoms with E-state index in [4.69, 9.17) is 0 Å². The molecule has 0 amide bonds. The van der Waals surface area contributed by atoms with E-state index in [1.54, 1.807) is 10.7 Å². The smallest absolute Gasteiger partial charge is 0.127 e. The van der Waals surface area contributed by atoms with Crippen molar-refractivity contribution in [3.05, 3.63) is 53.1 Å². The molecule has 4 nitrogen and oxygen atoms in total. The molecule has 2 rings (SSSR count). The second-order valence-electron chi connectivity index (χ2n) is 5.40. The van der Waals surface area contributed by atoms with Gasteiger partial charge in [-0.05, 0) is 25.2 Å². The van der Waals surface area contributed by atoms with Gasteiger partial charge in [0.25, 0.3) is 0 Å². The second kappa shape index (κ2) is 7.33. The third-order valence-electron chi connectivity index (χ3n) is 3.34. The molecule has 0 aliphatic heterocycles. The van der Waals surface area contributed by atoms with Gasteiger partial charge < -0.3 is 5.32 Å². The first-order valence-corrected chi connectivity index (χ1v) is 7.22. The average molecular weight is 290 g/mol. The van der Waals surface area contributed by atoms with Gasteiger partial charge >= 0.3 is 0 Å². The summed E-state index contributed by atoms with van der Waals surface area (Å²) in [5, 5.41) is 7.41. The van der Waals surface area contributed by atoms with E-state index in [2.05, 4.69) is 22.2 Å². The number of aromatic nitrogens is 2. The molecule has 1 N–H and O–H groups in total. The van der Waals surface area contributed by atoms with Crippen LogP contribution in [-0.2, 0) is 26.7 Å². The quantitative estimate of drug-likeness (QED) is 0.849. The standard InChI is InChI=1S/C16H23FN4/c1-4-18-8-13-5-6-16(17)15(7-13)12-20(2)10-14-9-19-21(3)11-14/h5-7,9,11,18H,4,8,10,12H2,1-3H3. The number of benzene rings is 1. The van der Waals surface area contributed by atoms with Crippen molar-refractivity contribution < 1.29 is 4.39 Å². The maximum absolute atomic E-state index is 13.9. The molecule has 0 aliphatic carbocycles. The number of rotatable bonds is 7. The van der Waals surface area contributed by atoms with Crippen LogP contribution in [0.1, 0.15) is 23.6 Å². The van der Waals surface area contributed by atoms with Crippen LogP contribution in [0.15, 0.2) is 30.6 Å². The number of nitrogens with zero attached hydrogens (tertiary/aromatic N) is 3. The SMILES string of the molecule is CCNCc1ccc(F)c(CN(C)Cc2cnn(C)c2)c1. The van der Waals surface area contributed by atoms with Gasteiger partial charge in [-0.3, -0.25) is 9.58 Å². The first-order valence-electron chi connectivity index (χ1n) is 7.22. The van der Waals surface area contributed by atoms with E-state index in [1.165, 1.54) is 0 Å². The minimum atomic E-state index is -0.145. The Morgan fingerprint density at radius 2 is 2.10 bits per heavy atom. The number of hydrogen-bond donors (Lipinski definition) is 1. The zero-order valence-electron chi connectivity index (χ0n) is 12.9. The lowest BCUT2D eigenvalue weighted by Crippen LogP contribution is -2.18. The van der Waals surface area contributed by atoms with Crippen LogP contribution >= 0.6 is 0 Å². The largest absolute Gasteiger partial charge is 0.313 e. The van der Waals surface area contributed by atoms with Crippen molar-refractivity contribution >= 4 is 0 Å². The Morgan fingerprint density at radius 3 is 2.76 bits per heavy atom. The molecule has 0 atom stereocenters. The molecule has 0 bridgehead atoms. The highest BCUT2D eigenvalue weighted by atomic mass is 19.1. The highest BCUT2D eigenvalue weighted by Crippen LogP contribution is 2.14. The molecule has 2 aromatic rings. The number of hydrogen-bond acceptors (Lipinski definition) is 3. The van der Waals surface area contributed by atoms with Crippen LogP contribution in [0.25, 0.3) is 0 Å². The third-order valence-corrected chi connectivity index (χ3v) is 3.34. The van der Waals surface area contributed by atoms with Crippen LogP contribution in [0, 0.1) is 5.82 Å². The number of nitrogens with one attached hydrogen (secondary N) is 1. The average Bonchev–Trinajstić information content (AvgIpc) is 2.84. The zero-order valence-corrected chi connectivity index (χ0v) is 12.9. The summed E-state index contributed by atoms with van der Waals surface area (Å²) in [6, 6.07) is 5.33. The van der Waals surface area contributed by atoms with E-state index >= 15 is 0 Å². The third kappa shape index (κ3) is 4.65. The first kappa shape index (κ1) is 15.7. The van der Waals surface area contributed by atoms with E-state index in [-0.39, 0.29) is 5.82 Å². The zero-order chi connectivity index (χ0) is 15.2. The van der Waals surface area contributed by atoms with E-state index in [1.807, 2.05) is 38.6 Å². The van der Waals surface area contributed by atoms with Gasteiger partial charge in [0, 0.05) is 44.0 Å². The van der Waals surface area contributed by atoms with Gasteiger partial charge in [-0.25, -0.2) is 4.39 Å². The molecule has 0 aliphatic rings. The molecule has 21 heavy (non-hydrogen) atoms. The summed E-state index contributed by atoms with van der Waals surface area (Å²) in [7, 11) is 3.89. The molecule has 114 valence electrons. The Hall–Kier alpha value is -1.72. The molecule has 1 aromatic heterocycles. The second-order valence-corrected chi connectivity index (χ2v) is 5.40. The van der Waals surface area contributed by atoms with Gasteiger partial charge in [-0.1, -0.05) is 19.1 Å².